The topological polar surface area (TPSA) is 77.2 Å². The molecule has 0 spiro atoms. The summed E-state index contributed by atoms with van der Waals surface area (Å²) in [6, 6.07) is 0. The number of Topliss-reactive ketones (excluding diaryl/α,β-unsaturated/α-hetero) is 1. The van der Waals surface area contributed by atoms with Gasteiger partial charge in [-0.05, 0) is 44.9 Å². The van der Waals surface area contributed by atoms with Gasteiger partial charge in [0.25, 0.3) is 0 Å². The number of hydrogen-bond acceptors (Lipinski definition) is 4. The molecular formula is C13H23NO3S. The molecule has 0 bridgehead atoms. The molecular weight excluding hydrogens is 250 g/mol. The zero-order valence-corrected chi connectivity index (χ0v) is 12.0. The van der Waals surface area contributed by atoms with Gasteiger partial charge < -0.3 is 5.73 Å². The quantitative estimate of drug-likeness (QED) is 0.837. The van der Waals surface area contributed by atoms with Gasteiger partial charge in [-0.1, -0.05) is 6.42 Å². The Labute approximate surface area is 109 Å². The molecule has 0 aromatic rings. The van der Waals surface area contributed by atoms with Crippen LogP contribution in [0.4, 0.5) is 0 Å². The molecule has 0 amide bonds. The van der Waals surface area contributed by atoms with Crippen LogP contribution in [0.1, 0.15) is 45.4 Å². The lowest BCUT2D eigenvalue weighted by atomic mass is 9.77. The molecule has 0 heterocycles. The van der Waals surface area contributed by atoms with Gasteiger partial charge in [0, 0.05) is 12.2 Å². The molecule has 104 valence electrons. The zero-order valence-electron chi connectivity index (χ0n) is 11.2. The molecule has 2 saturated carbocycles. The van der Waals surface area contributed by atoms with E-state index in [0.717, 1.165) is 25.7 Å². The first-order valence-corrected chi connectivity index (χ1v) is 8.70. The lowest BCUT2D eigenvalue weighted by molar-refractivity contribution is -0.129. The number of carbonyl (C=O) groups is 1. The summed E-state index contributed by atoms with van der Waals surface area (Å²) < 4.78 is 23.2. The normalized spacial score (nSPS) is 32.8. The summed E-state index contributed by atoms with van der Waals surface area (Å²) >= 11 is 0. The highest BCUT2D eigenvalue weighted by molar-refractivity contribution is 7.91. The molecule has 3 unspecified atom stereocenters. The van der Waals surface area contributed by atoms with E-state index in [1.54, 1.807) is 0 Å². The molecule has 2 rings (SSSR count). The Kier molecular flexibility index (Phi) is 3.58. The van der Waals surface area contributed by atoms with Crippen molar-refractivity contribution in [2.75, 3.05) is 6.26 Å². The van der Waals surface area contributed by atoms with E-state index >= 15 is 0 Å². The van der Waals surface area contributed by atoms with Crippen molar-refractivity contribution in [1.82, 2.24) is 0 Å². The number of carbonyl (C=O) groups excluding carboxylic acids is 1. The Bertz CT molecular complexity index is 437. The minimum atomic E-state index is -3.04. The summed E-state index contributed by atoms with van der Waals surface area (Å²) in [4.78, 5) is 12.5. The Morgan fingerprint density at radius 2 is 1.83 bits per heavy atom. The zero-order chi connectivity index (χ0) is 13.6. The summed E-state index contributed by atoms with van der Waals surface area (Å²) in [6.45, 7) is 1.82. The summed E-state index contributed by atoms with van der Waals surface area (Å²) in [5.74, 6) is 0.232. The molecule has 2 aliphatic carbocycles. The highest BCUT2D eigenvalue weighted by Crippen LogP contribution is 2.41. The largest absolute Gasteiger partial charge is 0.319 e. The highest BCUT2D eigenvalue weighted by atomic mass is 32.2. The van der Waals surface area contributed by atoms with Crippen LogP contribution < -0.4 is 5.73 Å². The van der Waals surface area contributed by atoms with E-state index in [0.29, 0.717) is 18.8 Å². The van der Waals surface area contributed by atoms with Gasteiger partial charge in [-0.2, -0.15) is 0 Å². The molecule has 5 heteroatoms. The van der Waals surface area contributed by atoms with Gasteiger partial charge in [0.2, 0.25) is 0 Å². The summed E-state index contributed by atoms with van der Waals surface area (Å²) in [6.07, 6.45) is 6.10. The van der Waals surface area contributed by atoms with Crippen LogP contribution in [0.25, 0.3) is 0 Å². The second-order valence-electron chi connectivity index (χ2n) is 6.24. The molecule has 3 atom stereocenters. The van der Waals surface area contributed by atoms with Crippen LogP contribution in [-0.4, -0.2) is 31.2 Å². The van der Waals surface area contributed by atoms with Gasteiger partial charge in [-0.15, -0.1) is 0 Å². The minimum Gasteiger partial charge on any atom is -0.319 e. The lowest BCUT2D eigenvalue weighted by Crippen LogP contribution is -2.51. The predicted octanol–water partition coefficient (Wildman–Crippen LogP) is 1.29. The highest BCUT2D eigenvalue weighted by Gasteiger charge is 2.47. The van der Waals surface area contributed by atoms with Crippen molar-refractivity contribution in [3.8, 4) is 0 Å². The molecule has 18 heavy (non-hydrogen) atoms. The Morgan fingerprint density at radius 3 is 2.33 bits per heavy atom. The molecule has 0 saturated heterocycles. The third-order valence-corrected chi connectivity index (χ3v) is 6.20. The molecule has 2 aliphatic rings. The van der Waals surface area contributed by atoms with E-state index < -0.39 is 15.4 Å². The first kappa shape index (κ1) is 14.0. The van der Waals surface area contributed by atoms with Gasteiger partial charge >= 0.3 is 0 Å². The van der Waals surface area contributed by atoms with E-state index in [1.165, 1.54) is 6.26 Å². The van der Waals surface area contributed by atoms with Gasteiger partial charge in [-0.25, -0.2) is 8.42 Å². The standard InChI is InChI=1S/C13H23NO3S/c1-13(14,10-6-7-10)12(15)9-4-3-5-11(8-9)18(2,16)17/h9-11H,3-8,14H2,1-2H3. The third kappa shape index (κ3) is 2.77. The molecule has 0 aromatic heterocycles. The maximum Gasteiger partial charge on any atom is 0.155 e. The number of rotatable bonds is 4. The SMILES string of the molecule is CC(N)(C(=O)C1CCCC(S(C)(=O)=O)C1)C1CC1. The monoisotopic (exact) mass is 273 g/mol. The van der Waals surface area contributed by atoms with Gasteiger partial charge in [-0.3, -0.25) is 4.79 Å². The van der Waals surface area contributed by atoms with E-state index in [-0.39, 0.29) is 17.0 Å². The second kappa shape index (κ2) is 4.60. The third-order valence-electron chi connectivity index (χ3n) is 4.56. The van der Waals surface area contributed by atoms with Crippen molar-refractivity contribution in [2.24, 2.45) is 17.6 Å². The van der Waals surface area contributed by atoms with Crippen LogP contribution in [0, 0.1) is 11.8 Å². The van der Waals surface area contributed by atoms with E-state index in [1.807, 2.05) is 6.92 Å². The van der Waals surface area contributed by atoms with Crippen molar-refractivity contribution in [3.05, 3.63) is 0 Å². The lowest BCUT2D eigenvalue weighted by Gasteiger charge is -2.33. The van der Waals surface area contributed by atoms with Crippen molar-refractivity contribution in [2.45, 2.75) is 56.2 Å². The van der Waals surface area contributed by atoms with Crippen LogP contribution >= 0.6 is 0 Å². The van der Waals surface area contributed by atoms with Crippen LogP contribution in [0.3, 0.4) is 0 Å². The first-order chi connectivity index (χ1) is 8.23. The number of hydrogen-bond donors (Lipinski definition) is 1. The molecule has 2 N–H and O–H groups in total. The molecule has 0 aliphatic heterocycles. The van der Waals surface area contributed by atoms with E-state index in [4.69, 9.17) is 5.73 Å². The van der Waals surface area contributed by atoms with Crippen LogP contribution in [0.5, 0.6) is 0 Å². The fourth-order valence-corrected chi connectivity index (χ4v) is 4.27. The first-order valence-electron chi connectivity index (χ1n) is 6.75. The van der Waals surface area contributed by atoms with Crippen molar-refractivity contribution in [3.63, 3.8) is 0 Å². The Balaban J connectivity index is 2.07. The molecule has 4 nitrogen and oxygen atoms in total. The summed E-state index contributed by atoms with van der Waals surface area (Å²) in [7, 11) is -3.04. The fraction of sp³-hybridized carbons (Fsp3) is 0.923. The minimum absolute atomic E-state index is 0.0818. The van der Waals surface area contributed by atoms with Crippen molar-refractivity contribution in [1.29, 1.82) is 0 Å². The smallest absolute Gasteiger partial charge is 0.155 e. The fourth-order valence-electron chi connectivity index (χ4n) is 3.10. The van der Waals surface area contributed by atoms with Crippen molar-refractivity contribution < 1.29 is 13.2 Å². The van der Waals surface area contributed by atoms with E-state index in [9.17, 15) is 13.2 Å². The maximum atomic E-state index is 12.5. The predicted molar refractivity (Wildman–Crippen MR) is 70.9 cm³/mol. The maximum absolute atomic E-state index is 12.5. The van der Waals surface area contributed by atoms with Crippen LogP contribution in [-0.2, 0) is 14.6 Å². The van der Waals surface area contributed by atoms with E-state index in [2.05, 4.69) is 0 Å². The average molecular weight is 273 g/mol. The van der Waals surface area contributed by atoms with Gasteiger partial charge in [0.15, 0.2) is 5.78 Å². The Hall–Kier alpha value is -0.420. The molecule has 2 fully saturated rings. The van der Waals surface area contributed by atoms with Gasteiger partial charge in [0.1, 0.15) is 9.84 Å². The average Bonchev–Trinajstić information content (AvgIpc) is 3.11. The Morgan fingerprint density at radius 1 is 1.22 bits per heavy atom. The molecule has 0 radical (unpaired) electrons. The van der Waals surface area contributed by atoms with Gasteiger partial charge in [0.05, 0.1) is 10.8 Å². The number of sulfone groups is 1. The molecule has 0 aromatic carbocycles. The van der Waals surface area contributed by atoms with Crippen LogP contribution in [0.15, 0.2) is 0 Å². The number of nitrogens with two attached hydrogens (primary N) is 1. The summed E-state index contributed by atoms with van der Waals surface area (Å²) in [5, 5.41) is -0.352. The van der Waals surface area contributed by atoms with Crippen LogP contribution in [0.2, 0.25) is 0 Å². The number of ketones is 1. The summed E-state index contributed by atoms with van der Waals surface area (Å²) in [5.41, 5.74) is 5.41. The van der Waals surface area contributed by atoms with Crippen molar-refractivity contribution >= 4 is 15.6 Å². The second-order valence-corrected chi connectivity index (χ2v) is 8.56.